The second-order valence-electron chi connectivity index (χ2n) is 7.92. The summed E-state index contributed by atoms with van der Waals surface area (Å²) in [6.45, 7) is 7.81. The van der Waals surface area contributed by atoms with Crippen LogP contribution >= 0.6 is 24.0 Å². The van der Waals surface area contributed by atoms with Crippen LogP contribution in [0.25, 0.3) is 0 Å². The Bertz CT molecular complexity index is 407. The summed E-state index contributed by atoms with van der Waals surface area (Å²) in [5, 5.41) is 16.4. The molecule has 27 heavy (non-hydrogen) atoms. The number of rotatable bonds is 12. The summed E-state index contributed by atoms with van der Waals surface area (Å²) in [5.41, 5.74) is 0.202. The quantitative estimate of drug-likeness (QED) is 0.220. The Morgan fingerprint density at radius 3 is 2.52 bits per heavy atom. The van der Waals surface area contributed by atoms with Crippen LogP contribution in [0.3, 0.4) is 0 Å². The highest BCUT2D eigenvalue weighted by Gasteiger charge is 2.31. The molecule has 0 aromatic rings. The number of guanidine groups is 1. The van der Waals surface area contributed by atoms with Gasteiger partial charge in [0.05, 0.1) is 6.61 Å². The molecule has 0 heterocycles. The maximum atomic E-state index is 9.49. The van der Waals surface area contributed by atoms with Gasteiger partial charge in [0.2, 0.25) is 0 Å². The van der Waals surface area contributed by atoms with Crippen molar-refractivity contribution in [3.63, 3.8) is 0 Å². The van der Waals surface area contributed by atoms with Crippen molar-refractivity contribution >= 4 is 29.9 Å². The lowest BCUT2D eigenvalue weighted by atomic mass is 9.72. The van der Waals surface area contributed by atoms with Crippen LogP contribution in [0.2, 0.25) is 0 Å². The largest absolute Gasteiger partial charge is 0.396 e. The van der Waals surface area contributed by atoms with Crippen LogP contribution in [0.15, 0.2) is 4.99 Å². The highest BCUT2D eigenvalue weighted by Crippen LogP contribution is 2.39. The average molecular weight is 496 g/mol. The third-order valence-electron chi connectivity index (χ3n) is 5.81. The van der Waals surface area contributed by atoms with E-state index >= 15 is 0 Å². The second-order valence-corrected chi connectivity index (χ2v) is 7.92. The van der Waals surface area contributed by atoms with Crippen LogP contribution < -0.4 is 10.6 Å². The van der Waals surface area contributed by atoms with E-state index in [0.717, 1.165) is 57.8 Å². The van der Waals surface area contributed by atoms with Crippen LogP contribution in [0, 0.1) is 5.41 Å². The second kappa shape index (κ2) is 14.0. The van der Waals surface area contributed by atoms with Gasteiger partial charge in [-0.25, -0.2) is 0 Å². The molecule has 2 rings (SSSR count). The predicted octanol–water partition coefficient (Wildman–Crippen LogP) is 2.60. The van der Waals surface area contributed by atoms with Crippen molar-refractivity contribution in [3.8, 4) is 0 Å². The zero-order valence-electron chi connectivity index (χ0n) is 17.3. The van der Waals surface area contributed by atoms with E-state index in [1.807, 2.05) is 0 Å². The molecule has 2 fully saturated rings. The minimum absolute atomic E-state index is 0. The Labute approximate surface area is 182 Å². The lowest BCUT2D eigenvalue weighted by Gasteiger charge is -2.35. The number of ether oxygens (including phenoxy) is 1. The van der Waals surface area contributed by atoms with E-state index in [0.29, 0.717) is 0 Å². The maximum absolute atomic E-state index is 9.49. The molecule has 0 radical (unpaired) electrons. The van der Waals surface area contributed by atoms with Crippen molar-refractivity contribution in [2.45, 2.75) is 64.3 Å². The Kier molecular flexibility index (Phi) is 12.9. The molecule has 2 aliphatic carbocycles. The summed E-state index contributed by atoms with van der Waals surface area (Å²) in [5.74, 6) is 0.915. The normalized spacial score (nSPS) is 19.6. The fraction of sp³-hybridized carbons (Fsp3) is 0.950. The number of nitrogens with one attached hydrogen (secondary N) is 2. The van der Waals surface area contributed by atoms with Crippen LogP contribution in [-0.4, -0.2) is 75.1 Å². The predicted molar refractivity (Wildman–Crippen MR) is 123 cm³/mol. The first-order valence-electron chi connectivity index (χ1n) is 10.6. The fourth-order valence-electron chi connectivity index (χ4n) is 4.06. The summed E-state index contributed by atoms with van der Waals surface area (Å²) in [4.78, 5) is 7.41. The molecular formula is C20H41IN4O2. The van der Waals surface area contributed by atoms with Crippen LogP contribution in [0.4, 0.5) is 0 Å². The Morgan fingerprint density at radius 1 is 1.19 bits per heavy atom. The Hall–Kier alpha value is -0.120. The number of aliphatic hydroxyl groups excluding tert-OH is 1. The SMILES string of the molecule is CCNC(=NCC1(CCO)CCCCC1)NCCN(CCOC)C1CC1.I. The molecule has 0 aromatic heterocycles. The first kappa shape index (κ1) is 24.9. The minimum Gasteiger partial charge on any atom is -0.396 e. The van der Waals surface area contributed by atoms with E-state index in [1.54, 1.807) is 7.11 Å². The molecule has 2 aliphatic rings. The average Bonchev–Trinajstić information content (AvgIpc) is 3.48. The molecule has 6 nitrogen and oxygen atoms in total. The fourth-order valence-corrected chi connectivity index (χ4v) is 4.06. The van der Waals surface area contributed by atoms with Crippen LogP contribution in [0.5, 0.6) is 0 Å². The zero-order chi connectivity index (χ0) is 18.7. The molecule has 0 spiro atoms. The first-order chi connectivity index (χ1) is 12.7. The zero-order valence-corrected chi connectivity index (χ0v) is 19.7. The van der Waals surface area contributed by atoms with Gasteiger partial charge >= 0.3 is 0 Å². The molecule has 0 saturated heterocycles. The van der Waals surface area contributed by atoms with Crippen molar-refractivity contribution in [3.05, 3.63) is 0 Å². The van der Waals surface area contributed by atoms with E-state index in [2.05, 4.69) is 22.5 Å². The van der Waals surface area contributed by atoms with Crippen molar-refractivity contribution < 1.29 is 9.84 Å². The third-order valence-corrected chi connectivity index (χ3v) is 5.81. The number of methoxy groups -OCH3 is 1. The van der Waals surface area contributed by atoms with Crippen LogP contribution in [-0.2, 0) is 4.74 Å². The Morgan fingerprint density at radius 2 is 1.93 bits per heavy atom. The molecule has 2 saturated carbocycles. The van der Waals surface area contributed by atoms with Gasteiger partial charge in [-0.15, -0.1) is 24.0 Å². The first-order valence-corrected chi connectivity index (χ1v) is 10.6. The monoisotopic (exact) mass is 496 g/mol. The molecule has 0 amide bonds. The van der Waals surface area contributed by atoms with Gasteiger partial charge < -0.3 is 20.5 Å². The van der Waals surface area contributed by atoms with Crippen molar-refractivity contribution in [2.24, 2.45) is 10.4 Å². The third kappa shape index (κ3) is 9.28. The van der Waals surface area contributed by atoms with Gasteiger partial charge in [-0.2, -0.15) is 0 Å². The summed E-state index contributed by atoms with van der Waals surface area (Å²) >= 11 is 0. The molecular weight excluding hydrogens is 455 g/mol. The van der Waals surface area contributed by atoms with E-state index < -0.39 is 0 Å². The lowest BCUT2D eigenvalue weighted by Crippen LogP contribution is -2.43. The van der Waals surface area contributed by atoms with Crippen molar-refractivity contribution in [1.82, 2.24) is 15.5 Å². The summed E-state index contributed by atoms with van der Waals surface area (Å²) in [7, 11) is 1.77. The molecule has 160 valence electrons. The number of halogens is 1. The number of nitrogens with zero attached hydrogens (tertiary/aromatic N) is 2. The van der Waals surface area contributed by atoms with E-state index in [4.69, 9.17) is 9.73 Å². The van der Waals surface area contributed by atoms with E-state index in [1.165, 1.54) is 44.9 Å². The highest BCUT2D eigenvalue weighted by molar-refractivity contribution is 14.0. The minimum atomic E-state index is 0. The van der Waals surface area contributed by atoms with Gasteiger partial charge in [0.25, 0.3) is 0 Å². The molecule has 0 bridgehead atoms. The van der Waals surface area contributed by atoms with Gasteiger partial charge in [0, 0.05) is 52.5 Å². The molecule has 3 N–H and O–H groups in total. The van der Waals surface area contributed by atoms with Gasteiger partial charge in [-0.1, -0.05) is 19.3 Å². The number of aliphatic imine (C=N–C) groups is 1. The number of hydrogen-bond donors (Lipinski definition) is 3. The summed E-state index contributed by atoms with van der Waals surface area (Å²) in [6.07, 6.45) is 9.79. The van der Waals surface area contributed by atoms with Crippen LogP contribution in [0.1, 0.15) is 58.3 Å². The number of aliphatic hydroxyl groups is 1. The molecule has 0 aliphatic heterocycles. The molecule has 0 atom stereocenters. The van der Waals surface area contributed by atoms with Gasteiger partial charge in [-0.05, 0) is 44.4 Å². The Balaban J connectivity index is 0.00000364. The van der Waals surface area contributed by atoms with Gasteiger partial charge in [-0.3, -0.25) is 9.89 Å². The van der Waals surface area contributed by atoms with Gasteiger partial charge in [0.15, 0.2) is 5.96 Å². The highest BCUT2D eigenvalue weighted by atomic mass is 127. The van der Waals surface area contributed by atoms with E-state index in [9.17, 15) is 5.11 Å². The standard InChI is InChI=1S/C20H40N4O2.HI/c1-3-21-19(22-12-13-24(14-16-26-2)18-7-8-18)23-17-20(11-15-25)9-5-4-6-10-20;/h18,25H,3-17H2,1-2H3,(H2,21,22,23);1H. The molecule has 0 unspecified atom stereocenters. The smallest absolute Gasteiger partial charge is 0.191 e. The summed E-state index contributed by atoms with van der Waals surface area (Å²) in [6, 6.07) is 0.751. The van der Waals surface area contributed by atoms with Crippen molar-refractivity contribution in [1.29, 1.82) is 0 Å². The number of hydrogen-bond acceptors (Lipinski definition) is 4. The maximum Gasteiger partial charge on any atom is 0.191 e. The molecule has 7 heteroatoms. The van der Waals surface area contributed by atoms with Gasteiger partial charge in [0.1, 0.15) is 0 Å². The van der Waals surface area contributed by atoms with Crippen molar-refractivity contribution in [2.75, 3.05) is 53.0 Å². The summed E-state index contributed by atoms with van der Waals surface area (Å²) < 4.78 is 5.24. The topological polar surface area (TPSA) is 69.1 Å². The van der Waals surface area contributed by atoms with E-state index in [-0.39, 0.29) is 36.0 Å². The molecule has 0 aromatic carbocycles. The lowest BCUT2D eigenvalue weighted by molar-refractivity contribution is 0.137.